The molecule has 1 heterocycles. The molecule has 0 aromatic heterocycles. The van der Waals surface area contributed by atoms with Crippen LogP contribution in [0, 0.1) is 11.7 Å². The van der Waals surface area contributed by atoms with Gasteiger partial charge in [-0.2, -0.15) is 4.31 Å². The molecule has 0 spiro atoms. The van der Waals surface area contributed by atoms with Gasteiger partial charge in [0.2, 0.25) is 15.9 Å². The van der Waals surface area contributed by atoms with Crippen molar-refractivity contribution in [3.05, 3.63) is 59.9 Å². The fourth-order valence-corrected chi connectivity index (χ4v) is 5.02. The number of nitrogens with one attached hydrogen (secondary N) is 2. The van der Waals surface area contributed by atoms with Crippen molar-refractivity contribution in [2.24, 2.45) is 5.92 Å². The number of para-hydroxylation sites is 1. The Bertz CT molecular complexity index is 1050. The Morgan fingerprint density at radius 2 is 1.77 bits per heavy atom. The standard InChI is InChI=1S/C22H26FN3O4S/c1-15(2)24-22(28)19-7-3-4-8-20(19)25-21(27)16-6-5-13-26(14-16)31(29,30)18-11-9-17(23)10-12-18/h3-4,7-12,15-16H,5-6,13-14H2,1-2H3,(H,24,28)(H,25,27)/t16-/m1/s1. The number of sulfonamides is 1. The van der Waals surface area contributed by atoms with Gasteiger partial charge in [0.25, 0.3) is 5.91 Å². The third kappa shape index (κ3) is 5.48. The molecule has 0 radical (unpaired) electrons. The maximum Gasteiger partial charge on any atom is 0.253 e. The number of piperidine rings is 1. The van der Waals surface area contributed by atoms with E-state index in [4.69, 9.17) is 0 Å². The summed E-state index contributed by atoms with van der Waals surface area (Å²) in [5.74, 6) is -1.72. The second kappa shape index (κ2) is 9.57. The molecule has 1 aliphatic rings. The minimum absolute atomic E-state index is 0.00865. The van der Waals surface area contributed by atoms with Gasteiger partial charge in [-0.05, 0) is 63.1 Å². The van der Waals surface area contributed by atoms with E-state index in [-0.39, 0.29) is 35.8 Å². The first-order chi connectivity index (χ1) is 14.7. The average molecular weight is 448 g/mol. The fourth-order valence-electron chi connectivity index (χ4n) is 3.50. The predicted molar refractivity (Wildman–Crippen MR) is 116 cm³/mol. The lowest BCUT2D eigenvalue weighted by Crippen LogP contribution is -2.43. The van der Waals surface area contributed by atoms with Crippen LogP contribution in [0.5, 0.6) is 0 Å². The number of nitrogens with zero attached hydrogens (tertiary/aromatic N) is 1. The van der Waals surface area contributed by atoms with Gasteiger partial charge in [0.1, 0.15) is 5.82 Å². The Labute approximate surface area is 181 Å². The molecule has 2 aromatic carbocycles. The van der Waals surface area contributed by atoms with Crippen molar-refractivity contribution in [3.8, 4) is 0 Å². The van der Waals surface area contributed by atoms with Crippen molar-refractivity contribution in [1.82, 2.24) is 9.62 Å². The lowest BCUT2D eigenvalue weighted by molar-refractivity contribution is -0.120. The fraction of sp³-hybridized carbons (Fsp3) is 0.364. The molecule has 2 aromatic rings. The van der Waals surface area contributed by atoms with Crippen molar-refractivity contribution >= 4 is 27.5 Å². The molecular weight excluding hydrogens is 421 g/mol. The average Bonchev–Trinajstić information content (AvgIpc) is 2.74. The minimum atomic E-state index is -3.83. The number of hydrogen-bond acceptors (Lipinski definition) is 4. The van der Waals surface area contributed by atoms with Crippen molar-refractivity contribution < 1.29 is 22.4 Å². The van der Waals surface area contributed by atoms with E-state index in [0.29, 0.717) is 24.1 Å². The zero-order valence-electron chi connectivity index (χ0n) is 17.5. The van der Waals surface area contributed by atoms with E-state index in [1.807, 2.05) is 13.8 Å². The maximum atomic E-state index is 13.2. The first kappa shape index (κ1) is 22.9. The highest BCUT2D eigenvalue weighted by Crippen LogP contribution is 2.25. The monoisotopic (exact) mass is 447 g/mol. The highest BCUT2D eigenvalue weighted by atomic mass is 32.2. The Morgan fingerprint density at radius 3 is 2.45 bits per heavy atom. The topological polar surface area (TPSA) is 95.6 Å². The lowest BCUT2D eigenvalue weighted by atomic mass is 9.98. The zero-order valence-corrected chi connectivity index (χ0v) is 18.3. The van der Waals surface area contributed by atoms with Crippen molar-refractivity contribution in [2.45, 2.75) is 37.6 Å². The van der Waals surface area contributed by atoms with E-state index in [1.165, 1.54) is 16.4 Å². The Kier molecular flexibility index (Phi) is 7.07. The molecule has 1 aliphatic heterocycles. The van der Waals surface area contributed by atoms with Gasteiger partial charge in [-0.15, -0.1) is 0 Å². The summed E-state index contributed by atoms with van der Waals surface area (Å²) in [5, 5.41) is 5.58. The largest absolute Gasteiger partial charge is 0.350 e. The van der Waals surface area contributed by atoms with Crippen molar-refractivity contribution in [2.75, 3.05) is 18.4 Å². The summed E-state index contributed by atoms with van der Waals surface area (Å²) < 4.78 is 40.2. The molecule has 0 aliphatic carbocycles. The van der Waals surface area contributed by atoms with E-state index in [9.17, 15) is 22.4 Å². The van der Waals surface area contributed by atoms with Crippen LogP contribution in [-0.4, -0.2) is 43.7 Å². The van der Waals surface area contributed by atoms with Crippen LogP contribution >= 0.6 is 0 Å². The minimum Gasteiger partial charge on any atom is -0.350 e. The highest BCUT2D eigenvalue weighted by molar-refractivity contribution is 7.89. The van der Waals surface area contributed by atoms with Gasteiger partial charge in [-0.3, -0.25) is 9.59 Å². The summed E-state index contributed by atoms with van der Waals surface area (Å²) in [5.41, 5.74) is 0.723. The van der Waals surface area contributed by atoms with Gasteiger partial charge >= 0.3 is 0 Å². The molecule has 0 bridgehead atoms. The summed E-state index contributed by atoms with van der Waals surface area (Å²) in [6.45, 7) is 4.00. The van der Waals surface area contributed by atoms with Crippen LogP contribution in [0.2, 0.25) is 0 Å². The summed E-state index contributed by atoms with van der Waals surface area (Å²) in [6.07, 6.45) is 1.05. The molecular formula is C22H26FN3O4S. The van der Waals surface area contributed by atoms with Crippen molar-refractivity contribution in [3.63, 3.8) is 0 Å². The summed E-state index contributed by atoms with van der Waals surface area (Å²) in [4.78, 5) is 25.3. The number of halogens is 1. The molecule has 1 fully saturated rings. The van der Waals surface area contributed by atoms with Crippen LogP contribution < -0.4 is 10.6 Å². The van der Waals surface area contributed by atoms with E-state index in [1.54, 1.807) is 24.3 Å². The Balaban J connectivity index is 1.74. The van der Waals surface area contributed by atoms with Crippen LogP contribution in [-0.2, 0) is 14.8 Å². The molecule has 2 amide bonds. The number of carbonyl (C=O) groups is 2. The van der Waals surface area contributed by atoms with E-state index in [0.717, 1.165) is 12.1 Å². The maximum absolute atomic E-state index is 13.2. The van der Waals surface area contributed by atoms with E-state index >= 15 is 0 Å². The molecule has 1 atom stereocenters. The summed E-state index contributed by atoms with van der Waals surface area (Å²) in [6, 6.07) is 11.3. The zero-order chi connectivity index (χ0) is 22.6. The second-order valence-electron chi connectivity index (χ2n) is 7.82. The second-order valence-corrected chi connectivity index (χ2v) is 9.76. The molecule has 0 saturated carbocycles. The molecule has 2 N–H and O–H groups in total. The van der Waals surface area contributed by atoms with E-state index < -0.39 is 21.8 Å². The molecule has 3 rings (SSSR count). The van der Waals surface area contributed by atoms with Crippen LogP contribution in [0.15, 0.2) is 53.4 Å². The number of carbonyl (C=O) groups excluding carboxylic acids is 2. The van der Waals surface area contributed by atoms with Gasteiger partial charge in [0, 0.05) is 19.1 Å². The molecule has 31 heavy (non-hydrogen) atoms. The van der Waals surface area contributed by atoms with Gasteiger partial charge in [-0.25, -0.2) is 12.8 Å². The summed E-state index contributed by atoms with van der Waals surface area (Å²) >= 11 is 0. The number of benzene rings is 2. The number of rotatable bonds is 6. The summed E-state index contributed by atoms with van der Waals surface area (Å²) in [7, 11) is -3.83. The van der Waals surface area contributed by atoms with Gasteiger partial charge in [-0.1, -0.05) is 12.1 Å². The van der Waals surface area contributed by atoms with Gasteiger partial charge in [0.05, 0.1) is 22.1 Å². The molecule has 1 saturated heterocycles. The number of anilines is 1. The number of amides is 2. The quantitative estimate of drug-likeness (QED) is 0.712. The molecule has 9 heteroatoms. The third-order valence-electron chi connectivity index (χ3n) is 5.06. The first-order valence-corrected chi connectivity index (χ1v) is 11.6. The van der Waals surface area contributed by atoms with Crippen molar-refractivity contribution in [1.29, 1.82) is 0 Å². The van der Waals surface area contributed by atoms with Crippen LogP contribution in [0.25, 0.3) is 0 Å². The first-order valence-electron chi connectivity index (χ1n) is 10.1. The van der Waals surface area contributed by atoms with Crippen LogP contribution in [0.4, 0.5) is 10.1 Å². The molecule has 166 valence electrons. The Hall–Kier alpha value is -2.78. The van der Waals surface area contributed by atoms with Crippen LogP contribution in [0.1, 0.15) is 37.0 Å². The van der Waals surface area contributed by atoms with E-state index in [2.05, 4.69) is 10.6 Å². The van der Waals surface area contributed by atoms with Gasteiger partial charge < -0.3 is 10.6 Å². The SMILES string of the molecule is CC(C)NC(=O)c1ccccc1NC(=O)[C@@H]1CCCN(S(=O)(=O)c2ccc(F)cc2)C1. The molecule has 7 nitrogen and oxygen atoms in total. The smallest absolute Gasteiger partial charge is 0.253 e. The number of hydrogen-bond donors (Lipinski definition) is 2. The molecule has 0 unspecified atom stereocenters. The Morgan fingerprint density at radius 1 is 1.10 bits per heavy atom. The normalized spacial score (nSPS) is 17.4. The third-order valence-corrected chi connectivity index (χ3v) is 6.94. The van der Waals surface area contributed by atoms with Crippen LogP contribution in [0.3, 0.4) is 0 Å². The lowest BCUT2D eigenvalue weighted by Gasteiger charge is -2.31. The predicted octanol–water partition coefficient (Wildman–Crippen LogP) is 3.00. The highest BCUT2D eigenvalue weighted by Gasteiger charge is 2.33. The van der Waals surface area contributed by atoms with Gasteiger partial charge in [0.15, 0.2) is 0 Å².